The maximum atomic E-state index is 12.4. The minimum Gasteiger partial charge on any atom is -0.497 e. The minimum atomic E-state index is -0.632. The number of carbonyl (C=O) groups excluding carboxylic acids is 2. The van der Waals surface area contributed by atoms with Gasteiger partial charge in [-0.15, -0.1) is 0 Å². The standard InChI is InChI=1S/C21H18N4O5/c1-28-16-9-7-14(8-10-16)20-22-18(30-24-20)13-29-21(27)17-11-12-19(26)25(23-17)15-5-3-2-4-6-15/h2-10H,11-13H2,1H3. The smallest absolute Gasteiger partial charge is 0.355 e. The van der Waals surface area contributed by atoms with E-state index in [9.17, 15) is 9.59 Å². The summed E-state index contributed by atoms with van der Waals surface area (Å²) in [7, 11) is 1.58. The lowest BCUT2D eigenvalue weighted by molar-refractivity contribution is -0.137. The Morgan fingerprint density at radius 3 is 2.60 bits per heavy atom. The van der Waals surface area contributed by atoms with Gasteiger partial charge in [-0.2, -0.15) is 10.1 Å². The molecule has 0 saturated carbocycles. The van der Waals surface area contributed by atoms with E-state index >= 15 is 0 Å². The number of aromatic nitrogens is 2. The second-order valence-corrected chi connectivity index (χ2v) is 6.40. The van der Waals surface area contributed by atoms with Crippen molar-refractivity contribution in [1.82, 2.24) is 10.1 Å². The van der Waals surface area contributed by atoms with Crippen molar-refractivity contribution >= 4 is 23.3 Å². The molecule has 9 nitrogen and oxygen atoms in total. The highest BCUT2D eigenvalue weighted by molar-refractivity contribution is 6.37. The van der Waals surface area contributed by atoms with Crippen LogP contribution in [0.2, 0.25) is 0 Å². The van der Waals surface area contributed by atoms with Crippen molar-refractivity contribution in [3.05, 3.63) is 60.5 Å². The molecule has 0 aliphatic carbocycles. The zero-order chi connectivity index (χ0) is 20.9. The van der Waals surface area contributed by atoms with Crippen LogP contribution in [0.25, 0.3) is 11.4 Å². The van der Waals surface area contributed by atoms with E-state index in [1.807, 2.05) is 6.07 Å². The van der Waals surface area contributed by atoms with Crippen LogP contribution in [0, 0.1) is 0 Å². The Balaban J connectivity index is 1.41. The molecule has 1 aromatic heterocycles. The molecule has 0 bridgehead atoms. The van der Waals surface area contributed by atoms with Gasteiger partial charge in [0.15, 0.2) is 6.61 Å². The number of hydrogen-bond donors (Lipinski definition) is 0. The summed E-state index contributed by atoms with van der Waals surface area (Å²) < 4.78 is 15.5. The number of hydrazone groups is 1. The Hall–Kier alpha value is -4.01. The summed E-state index contributed by atoms with van der Waals surface area (Å²) in [5, 5.41) is 9.27. The molecule has 0 radical (unpaired) electrons. The number of carbonyl (C=O) groups is 2. The van der Waals surface area contributed by atoms with Gasteiger partial charge in [-0.05, 0) is 36.4 Å². The van der Waals surface area contributed by atoms with Crippen molar-refractivity contribution in [2.75, 3.05) is 12.1 Å². The van der Waals surface area contributed by atoms with E-state index < -0.39 is 5.97 Å². The van der Waals surface area contributed by atoms with Crippen LogP contribution in [0.5, 0.6) is 5.75 Å². The monoisotopic (exact) mass is 406 g/mol. The number of hydrogen-bond acceptors (Lipinski definition) is 8. The van der Waals surface area contributed by atoms with Gasteiger partial charge in [0.05, 0.1) is 12.8 Å². The predicted octanol–water partition coefficient (Wildman–Crippen LogP) is 2.97. The van der Waals surface area contributed by atoms with E-state index in [-0.39, 0.29) is 37.0 Å². The van der Waals surface area contributed by atoms with E-state index in [1.54, 1.807) is 55.6 Å². The number of anilines is 1. The lowest BCUT2D eigenvalue weighted by Crippen LogP contribution is -2.34. The van der Waals surface area contributed by atoms with E-state index in [1.165, 1.54) is 5.01 Å². The fourth-order valence-electron chi connectivity index (χ4n) is 2.85. The first kappa shape index (κ1) is 19.3. The largest absolute Gasteiger partial charge is 0.497 e. The van der Waals surface area contributed by atoms with Gasteiger partial charge in [0.25, 0.3) is 5.89 Å². The summed E-state index contributed by atoms with van der Waals surface area (Å²) in [6, 6.07) is 16.1. The van der Waals surface area contributed by atoms with Crippen molar-refractivity contribution in [2.45, 2.75) is 19.4 Å². The maximum Gasteiger partial charge on any atom is 0.355 e. The average Bonchev–Trinajstić information content (AvgIpc) is 3.27. The van der Waals surface area contributed by atoms with Gasteiger partial charge >= 0.3 is 5.97 Å². The Kier molecular flexibility index (Phi) is 5.51. The third-order valence-corrected chi connectivity index (χ3v) is 4.41. The summed E-state index contributed by atoms with van der Waals surface area (Å²) in [5.41, 5.74) is 1.49. The number of esters is 1. The van der Waals surface area contributed by atoms with Gasteiger partial charge < -0.3 is 14.0 Å². The molecule has 2 heterocycles. The summed E-state index contributed by atoms with van der Waals surface area (Å²) in [6.07, 6.45) is 0.382. The van der Waals surface area contributed by atoms with Crippen LogP contribution in [0.15, 0.2) is 64.2 Å². The number of amides is 1. The number of nitrogens with zero attached hydrogens (tertiary/aromatic N) is 4. The Morgan fingerprint density at radius 1 is 1.10 bits per heavy atom. The molecule has 0 saturated heterocycles. The summed E-state index contributed by atoms with van der Waals surface area (Å²) >= 11 is 0. The molecular weight excluding hydrogens is 388 g/mol. The molecule has 1 amide bonds. The fourth-order valence-corrected chi connectivity index (χ4v) is 2.85. The van der Waals surface area contributed by atoms with Crippen molar-refractivity contribution in [1.29, 1.82) is 0 Å². The first-order valence-corrected chi connectivity index (χ1v) is 9.23. The lowest BCUT2D eigenvalue weighted by Gasteiger charge is -2.22. The quantitative estimate of drug-likeness (QED) is 0.579. The van der Waals surface area contributed by atoms with Crippen LogP contribution >= 0.6 is 0 Å². The lowest BCUT2D eigenvalue weighted by atomic mass is 10.1. The Morgan fingerprint density at radius 2 is 1.87 bits per heavy atom. The van der Waals surface area contributed by atoms with Crippen molar-refractivity contribution in [3.63, 3.8) is 0 Å². The summed E-state index contributed by atoms with van der Waals surface area (Å²) in [6.45, 7) is -0.194. The van der Waals surface area contributed by atoms with E-state index in [0.717, 1.165) is 5.56 Å². The SMILES string of the molecule is COc1ccc(-c2noc(COC(=O)C3=NN(c4ccccc4)C(=O)CC3)n2)cc1. The van der Waals surface area contributed by atoms with Gasteiger partial charge in [0.2, 0.25) is 11.7 Å². The van der Waals surface area contributed by atoms with E-state index in [4.69, 9.17) is 14.0 Å². The normalized spacial score (nSPS) is 13.7. The molecule has 3 aromatic rings. The first-order valence-electron chi connectivity index (χ1n) is 9.23. The molecule has 9 heteroatoms. The van der Waals surface area contributed by atoms with Gasteiger partial charge in [0.1, 0.15) is 11.5 Å². The molecule has 0 unspecified atom stereocenters. The van der Waals surface area contributed by atoms with E-state index in [2.05, 4.69) is 15.2 Å². The highest BCUT2D eigenvalue weighted by Crippen LogP contribution is 2.21. The van der Waals surface area contributed by atoms with Gasteiger partial charge in [-0.1, -0.05) is 23.4 Å². The summed E-state index contributed by atoms with van der Waals surface area (Å²) in [4.78, 5) is 28.8. The maximum absolute atomic E-state index is 12.4. The second kappa shape index (κ2) is 8.56. The molecule has 4 rings (SSSR count). The van der Waals surface area contributed by atoms with Crippen LogP contribution in [-0.4, -0.2) is 34.8 Å². The molecule has 2 aromatic carbocycles. The molecule has 0 atom stereocenters. The molecule has 0 N–H and O–H groups in total. The van der Waals surface area contributed by atoms with Crippen LogP contribution in [0.1, 0.15) is 18.7 Å². The van der Waals surface area contributed by atoms with Gasteiger partial charge in [0, 0.05) is 18.4 Å². The Labute approximate surface area is 171 Å². The topological polar surface area (TPSA) is 107 Å². The molecule has 0 fully saturated rings. The highest BCUT2D eigenvalue weighted by Gasteiger charge is 2.26. The van der Waals surface area contributed by atoms with Crippen LogP contribution in [0.3, 0.4) is 0 Å². The second-order valence-electron chi connectivity index (χ2n) is 6.40. The molecule has 152 valence electrons. The van der Waals surface area contributed by atoms with Crippen LogP contribution < -0.4 is 9.75 Å². The predicted molar refractivity (Wildman–Crippen MR) is 107 cm³/mol. The van der Waals surface area contributed by atoms with Crippen molar-refractivity contribution in [3.8, 4) is 17.1 Å². The van der Waals surface area contributed by atoms with E-state index in [0.29, 0.717) is 17.3 Å². The third-order valence-electron chi connectivity index (χ3n) is 4.41. The number of para-hydroxylation sites is 1. The first-order chi connectivity index (χ1) is 14.6. The molecular formula is C21H18N4O5. The van der Waals surface area contributed by atoms with Crippen molar-refractivity contribution < 1.29 is 23.6 Å². The van der Waals surface area contributed by atoms with Crippen LogP contribution in [-0.2, 0) is 20.9 Å². The molecule has 0 spiro atoms. The Bertz CT molecular complexity index is 1080. The van der Waals surface area contributed by atoms with Crippen LogP contribution in [0.4, 0.5) is 5.69 Å². The molecule has 1 aliphatic heterocycles. The van der Waals surface area contributed by atoms with Crippen molar-refractivity contribution in [2.24, 2.45) is 5.10 Å². The highest BCUT2D eigenvalue weighted by atomic mass is 16.6. The minimum absolute atomic E-state index is 0.154. The summed E-state index contributed by atoms with van der Waals surface area (Å²) in [5.74, 6) is 0.431. The number of ether oxygens (including phenoxy) is 2. The zero-order valence-electron chi connectivity index (χ0n) is 16.1. The van der Waals surface area contributed by atoms with Gasteiger partial charge in [-0.25, -0.2) is 9.80 Å². The number of methoxy groups -OCH3 is 1. The third kappa shape index (κ3) is 4.19. The molecule has 30 heavy (non-hydrogen) atoms. The zero-order valence-corrected chi connectivity index (χ0v) is 16.1. The number of benzene rings is 2. The molecule has 1 aliphatic rings. The van der Waals surface area contributed by atoms with Gasteiger partial charge in [-0.3, -0.25) is 4.79 Å². The fraction of sp³-hybridized carbons (Fsp3) is 0.190. The number of rotatable bonds is 6. The average molecular weight is 406 g/mol.